The molecule has 2 heterocycles. The van der Waals surface area contributed by atoms with Gasteiger partial charge in [0.15, 0.2) is 0 Å². The van der Waals surface area contributed by atoms with Gasteiger partial charge >= 0.3 is 0 Å². The zero-order valence-corrected chi connectivity index (χ0v) is 7.91. The maximum Gasteiger partial charge on any atom is 0.222 e. The number of carbonyl (C=O) groups is 1. The summed E-state index contributed by atoms with van der Waals surface area (Å²) < 4.78 is 0. The van der Waals surface area contributed by atoms with Crippen molar-refractivity contribution in [1.29, 1.82) is 0 Å². The van der Waals surface area contributed by atoms with Crippen LogP contribution in [-0.4, -0.2) is 34.6 Å². The van der Waals surface area contributed by atoms with Gasteiger partial charge in [0.25, 0.3) is 0 Å². The third-order valence-electron chi connectivity index (χ3n) is 3.17. The molecular formula is C10H17NO2. The van der Waals surface area contributed by atoms with Crippen molar-refractivity contribution in [2.24, 2.45) is 0 Å². The summed E-state index contributed by atoms with van der Waals surface area (Å²) in [5.74, 6) is 0.300. The standard InChI is InChI=1S/C10H17NO2/c12-9-4-1-5-10(13)11-6-2-3-8(11)7-9/h8-9,12H,1-7H2. The lowest BCUT2D eigenvalue weighted by molar-refractivity contribution is -0.133. The molecule has 3 heteroatoms. The van der Waals surface area contributed by atoms with Crippen LogP contribution in [0.15, 0.2) is 0 Å². The number of carbonyl (C=O) groups excluding carboxylic acids is 1. The van der Waals surface area contributed by atoms with Crippen molar-refractivity contribution in [3.8, 4) is 0 Å². The molecule has 0 aliphatic carbocycles. The summed E-state index contributed by atoms with van der Waals surface area (Å²) >= 11 is 0. The van der Waals surface area contributed by atoms with Crippen LogP contribution in [0, 0.1) is 0 Å². The van der Waals surface area contributed by atoms with Crippen LogP contribution in [0.4, 0.5) is 0 Å². The molecule has 2 unspecified atom stereocenters. The molecule has 2 fully saturated rings. The first-order valence-corrected chi connectivity index (χ1v) is 5.25. The van der Waals surface area contributed by atoms with Crippen molar-refractivity contribution in [1.82, 2.24) is 4.90 Å². The van der Waals surface area contributed by atoms with Crippen molar-refractivity contribution in [2.75, 3.05) is 6.54 Å². The predicted molar refractivity (Wildman–Crippen MR) is 49.2 cm³/mol. The zero-order chi connectivity index (χ0) is 9.26. The molecule has 1 amide bonds. The SMILES string of the molecule is O=C1CCCC(O)CC2CCCN12. The molecule has 2 atom stereocenters. The molecule has 2 saturated heterocycles. The Labute approximate surface area is 78.7 Å². The van der Waals surface area contributed by atoms with Gasteiger partial charge in [0.05, 0.1) is 6.10 Å². The van der Waals surface area contributed by atoms with Crippen LogP contribution < -0.4 is 0 Å². The first kappa shape index (κ1) is 9.00. The molecule has 0 aromatic carbocycles. The Morgan fingerprint density at radius 1 is 1.31 bits per heavy atom. The molecule has 13 heavy (non-hydrogen) atoms. The Kier molecular flexibility index (Phi) is 2.54. The van der Waals surface area contributed by atoms with Crippen LogP contribution in [0.2, 0.25) is 0 Å². The summed E-state index contributed by atoms with van der Waals surface area (Å²) in [6.45, 7) is 0.913. The summed E-state index contributed by atoms with van der Waals surface area (Å²) in [6.07, 6.45) is 5.10. The molecule has 0 aromatic rings. The van der Waals surface area contributed by atoms with Crippen molar-refractivity contribution in [3.63, 3.8) is 0 Å². The molecule has 0 aromatic heterocycles. The second-order valence-electron chi connectivity index (χ2n) is 4.16. The lowest BCUT2D eigenvalue weighted by Crippen LogP contribution is -2.39. The van der Waals surface area contributed by atoms with E-state index in [-0.39, 0.29) is 6.10 Å². The lowest BCUT2D eigenvalue weighted by atomic mass is 9.99. The van der Waals surface area contributed by atoms with Gasteiger partial charge in [-0.2, -0.15) is 0 Å². The van der Waals surface area contributed by atoms with Gasteiger partial charge in [-0.25, -0.2) is 0 Å². The molecule has 2 aliphatic rings. The molecule has 0 bridgehead atoms. The van der Waals surface area contributed by atoms with Crippen molar-refractivity contribution < 1.29 is 9.90 Å². The first-order valence-electron chi connectivity index (χ1n) is 5.25. The van der Waals surface area contributed by atoms with Gasteiger partial charge in [0.1, 0.15) is 0 Å². The fourth-order valence-electron chi connectivity index (χ4n) is 2.47. The van der Waals surface area contributed by atoms with E-state index in [0.29, 0.717) is 18.4 Å². The van der Waals surface area contributed by atoms with Crippen molar-refractivity contribution in [3.05, 3.63) is 0 Å². The number of aliphatic hydroxyl groups excluding tert-OH is 1. The Hall–Kier alpha value is -0.570. The normalized spacial score (nSPS) is 35.5. The predicted octanol–water partition coefficient (Wildman–Crippen LogP) is 0.912. The third kappa shape index (κ3) is 1.85. The number of hydrogen-bond donors (Lipinski definition) is 1. The highest BCUT2D eigenvalue weighted by Gasteiger charge is 2.31. The molecular weight excluding hydrogens is 166 g/mol. The monoisotopic (exact) mass is 183 g/mol. The summed E-state index contributed by atoms with van der Waals surface area (Å²) in [7, 11) is 0. The highest BCUT2D eigenvalue weighted by atomic mass is 16.3. The van der Waals surface area contributed by atoms with Crippen LogP contribution in [0.5, 0.6) is 0 Å². The molecule has 0 radical (unpaired) electrons. The molecule has 74 valence electrons. The van der Waals surface area contributed by atoms with E-state index in [1.165, 1.54) is 0 Å². The van der Waals surface area contributed by atoms with E-state index < -0.39 is 0 Å². The van der Waals surface area contributed by atoms with Gasteiger partial charge < -0.3 is 10.0 Å². The summed E-state index contributed by atoms with van der Waals surface area (Å²) in [4.78, 5) is 13.6. The minimum atomic E-state index is -0.182. The van der Waals surface area contributed by atoms with E-state index in [9.17, 15) is 9.90 Å². The topological polar surface area (TPSA) is 40.5 Å². The lowest BCUT2D eigenvalue weighted by Gasteiger charge is -2.29. The minimum Gasteiger partial charge on any atom is -0.393 e. The minimum absolute atomic E-state index is 0.182. The van der Waals surface area contributed by atoms with E-state index in [1.807, 2.05) is 4.90 Å². The van der Waals surface area contributed by atoms with Gasteiger partial charge in [-0.15, -0.1) is 0 Å². The first-order chi connectivity index (χ1) is 6.27. The van der Waals surface area contributed by atoms with Gasteiger partial charge in [0.2, 0.25) is 5.91 Å². The average molecular weight is 183 g/mol. The highest BCUT2D eigenvalue weighted by molar-refractivity contribution is 5.76. The number of nitrogens with zero attached hydrogens (tertiary/aromatic N) is 1. The third-order valence-corrected chi connectivity index (χ3v) is 3.17. The Morgan fingerprint density at radius 3 is 3.00 bits per heavy atom. The summed E-state index contributed by atoms with van der Waals surface area (Å²) in [6, 6.07) is 0.336. The molecule has 2 rings (SSSR count). The average Bonchev–Trinajstić information content (AvgIpc) is 2.49. The maximum absolute atomic E-state index is 11.6. The fraction of sp³-hybridized carbons (Fsp3) is 0.900. The van der Waals surface area contributed by atoms with Crippen LogP contribution >= 0.6 is 0 Å². The molecule has 2 aliphatic heterocycles. The number of amides is 1. The van der Waals surface area contributed by atoms with Gasteiger partial charge in [-0.3, -0.25) is 4.79 Å². The Morgan fingerprint density at radius 2 is 2.15 bits per heavy atom. The van der Waals surface area contributed by atoms with Gasteiger partial charge in [0, 0.05) is 19.0 Å². The van der Waals surface area contributed by atoms with Crippen LogP contribution in [0.1, 0.15) is 38.5 Å². The van der Waals surface area contributed by atoms with E-state index in [1.54, 1.807) is 0 Å². The quantitative estimate of drug-likeness (QED) is 0.606. The number of fused-ring (bicyclic) bond motifs is 1. The second kappa shape index (κ2) is 3.66. The molecule has 0 saturated carbocycles. The highest BCUT2D eigenvalue weighted by Crippen LogP contribution is 2.26. The van der Waals surface area contributed by atoms with Crippen LogP contribution in [0.3, 0.4) is 0 Å². The molecule has 3 nitrogen and oxygen atoms in total. The Bertz CT molecular complexity index is 205. The van der Waals surface area contributed by atoms with Gasteiger partial charge in [-0.05, 0) is 32.1 Å². The van der Waals surface area contributed by atoms with Crippen molar-refractivity contribution in [2.45, 2.75) is 50.7 Å². The molecule has 1 N–H and O–H groups in total. The largest absolute Gasteiger partial charge is 0.393 e. The fourth-order valence-corrected chi connectivity index (χ4v) is 2.47. The number of aliphatic hydroxyl groups is 1. The van der Waals surface area contributed by atoms with Crippen LogP contribution in [-0.2, 0) is 4.79 Å². The second-order valence-corrected chi connectivity index (χ2v) is 4.16. The number of rotatable bonds is 0. The zero-order valence-electron chi connectivity index (χ0n) is 7.91. The van der Waals surface area contributed by atoms with E-state index in [4.69, 9.17) is 0 Å². The van der Waals surface area contributed by atoms with E-state index >= 15 is 0 Å². The van der Waals surface area contributed by atoms with E-state index in [2.05, 4.69) is 0 Å². The van der Waals surface area contributed by atoms with Gasteiger partial charge in [-0.1, -0.05) is 0 Å². The van der Waals surface area contributed by atoms with E-state index in [0.717, 1.165) is 38.6 Å². The maximum atomic E-state index is 11.6. The van der Waals surface area contributed by atoms with Crippen LogP contribution in [0.25, 0.3) is 0 Å². The summed E-state index contributed by atoms with van der Waals surface area (Å²) in [5, 5.41) is 9.61. The number of hydrogen-bond acceptors (Lipinski definition) is 2. The summed E-state index contributed by atoms with van der Waals surface area (Å²) in [5.41, 5.74) is 0. The molecule has 0 spiro atoms. The Balaban J connectivity index is 2.05. The van der Waals surface area contributed by atoms with Crippen molar-refractivity contribution >= 4 is 5.91 Å². The smallest absolute Gasteiger partial charge is 0.222 e.